The summed E-state index contributed by atoms with van der Waals surface area (Å²) < 4.78 is 20.3. The second-order valence-corrected chi connectivity index (χ2v) is 11.6. The van der Waals surface area contributed by atoms with E-state index in [1.165, 1.54) is 0 Å². The van der Waals surface area contributed by atoms with Crippen molar-refractivity contribution in [3.63, 3.8) is 0 Å². The molecule has 3 aromatic carbocycles. The first-order chi connectivity index (χ1) is 13.3. The lowest BCUT2D eigenvalue weighted by molar-refractivity contribution is 0.367. The predicted molar refractivity (Wildman–Crippen MR) is 119 cm³/mol. The van der Waals surface area contributed by atoms with Gasteiger partial charge in [-0.2, -0.15) is 0 Å². The van der Waals surface area contributed by atoms with Crippen LogP contribution in [0.2, 0.25) is 0 Å². The number of para-hydroxylation sites is 3. The van der Waals surface area contributed by atoms with Crippen molar-refractivity contribution in [2.24, 2.45) is 0 Å². The zero-order valence-electron chi connectivity index (χ0n) is 14.1. The summed E-state index contributed by atoms with van der Waals surface area (Å²) in [4.78, 5) is 0. The quantitative estimate of drug-likeness (QED) is 0.280. The monoisotopic (exact) mass is 431 g/mol. The third kappa shape index (κ3) is 4.77. The SMILES string of the molecule is C1=C([P+](Oc2ccccc2)(Oc2ccccc2)Oc2ccccc2)SSS1. The second kappa shape index (κ2) is 8.98. The van der Waals surface area contributed by atoms with Gasteiger partial charge in [0.05, 0.1) is 0 Å². The number of hydrogen-bond donors (Lipinski definition) is 0. The number of rotatable bonds is 7. The lowest BCUT2D eigenvalue weighted by Crippen LogP contribution is -2.15. The van der Waals surface area contributed by atoms with Crippen LogP contribution in [0.4, 0.5) is 0 Å². The van der Waals surface area contributed by atoms with Crippen molar-refractivity contribution in [1.29, 1.82) is 0 Å². The van der Waals surface area contributed by atoms with E-state index in [1.54, 1.807) is 31.4 Å². The maximum atomic E-state index is 6.44. The molecule has 0 spiro atoms. The largest absolute Gasteiger partial charge is 0.588 e. The molecule has 0 unspecified atom stereocenters. The fourth-order valence-corrected chi connectivity index (χ4v) is 10.2. The summed E-state index contributed by atoms with van der Waals surface area (Å²) in [5.41, 5.74) is 0. The van der Waals surface area contributed by atoms with Crippen molar-refractivity contribution < 1.29 is 13.6 Å². The molecule has 0 saturated carbocycles. The second-order valence-electron chi connectivity index (χ2n) is 5.41. The van der Waals surface area contributed by atoms with Gasteiger partial charge in [-0.05, 0) is 57.0 Å². The Bertz CT molecular complexity index is 791. The molecule has 0 bridgehead atoms. The van der Waals surface area contributed by atoms with Gasteiger partial charge in [-0.25, -0.2) is 0 Å². The highest BCUT2D eigenvalue weighted by molar-refractivity contribution is 9.12. The van der Waals surface area contributed by atoms with Crippen molar-refractivity contribution in [3.05, 3.63) is 101 Å². The molecule has 7 heteroatoms. The van der Waals surface area contributed by atoms with E-state index in [-0.39, 0.29) is 0 Å². The van der Waals surface area contributed by atoms with E-state index in [9.17, 15) is 0 Å². The van der Waals surface area contributed by atoms with Crippen LogP contribution < -0.4 is 13.6 Å². The third-order valence-corrected chi connectivity index (χ3v) is 10.5. The van der Waals surface area contributed by atoms with Gasteiger partial charge in [-0.1, -0.05) is 54.6 Å². The minimum atomic E-state index is -2.93. The first-order valence-corrected chi connectivity index (χ1v) is 13.3. The summed E-state index contributed by atoms with van der Waals surface area (Å²) in [6, 6.07) is 29.0. The Morgan fingerprint density at radius 3 is 1.30 bits per heavy atom. The Morgan fingerprint density at radius 2 is 0.963 bits per heavy atom. The average Bonchev–Trinajstić information content (AvgIpc) is 3.26. The molecule has 0 aliphatic carbocycles. The van der Waals surface area contributed by atoms with Crippen LogP contribution in [0.25, 0.3) is 0 Å². The van der Waals surface area contributed by atoms with Crippen molar-refractivity contribution in [2.45, 2.75) is 0 Å². The molecule has 0 aromatic heterocycles. The maximum Gasteiger partial charge on any atom is 0.588 e. The summed E-state index contributed by atoms with van der Waals surface area (Å²) in [6.45, 7) is 0. The van der Waals surface area contributed by atoms with Crippen LogP contribution in [0.3, 0.4) is 0 Å². The van der Waals surface area contributed by atoms with E-state index >= 15 is 0 Å². The van der Waals surface area contributed by atoms with Gasteiger partial charge in [0.25, 0.3) is 4.65 Å². The van der Waals surface area contributed by atoms with Gasteiger partial charge in [0.1, 0.15) is 0 Å². The van der Waals surface area contributed by atoms with Gasteiger partial charge in [0, 0.05) is 16.2 Å². The molecule has 1 aliphatic rings. The highest BCUT2D eigenvalue weighted by Crippen LogP contribution is 2.74. The molecule has 3 aromatic rings. The highest BCUT2D eigenvalue weighted by atomic mass is 33.5. The average molecular weight is 432 g/mol. The molecule has 27 heavy (non-hydrogen) atoms. The van der Waals surface area contributed by atoms with Crippen LogP contribution >= 0.6 is 39.4 Å². The van der Waals surface area contributed by atoms with Crippen LogP contribution in [0.5, 0.6) is 17.2 Å². The van der Waals surface area contributed by atoms with Gasteiger partial charge in [-0.3, -0.25) is 13.6 Å². The van der Waals surface area contributed by atoms with Gasteiger partial charge in [0.15, 0.2) is 17.2 Å². The van der Waals surface area contributed by atoms with Crippen molar-refractivity contribution >= 4 is 39.4 Å². The zero-order chi connectivity index (χ0) is 18.4. The molecule has 136 valence electrons. The normalized spacial score (nSPS) is 13.7. The molecule has 0 N–H and O–H groups in total. The van der Waals surface area contributed by atoms with Gasteiger partial charge < -0.3 is 0 Å². The van der Waals surface area contributed by atoms with Gasteiger partial charge in [-0.15, -0.1) is 0 Å². The van der Waals surface area contributed by atoms with Crippen LogP contribution in [-0.2, 0) is 0 Å². The first kappa shape index (κ1) is 18.6. The van der Waals surface area contributed by atoms with Crippen molar-refractivity contribution in [2.75, 3.05) is 0 Å². The minimum absolute atomic E-state index is 0.709. The molecule has 0 saturated heterocycles. The molecule has 0 amide bonds. The van der Waals surface area contributed by atoms with Gasteiger partial charge >= 0.3 is 7.94 Å². The molecule has 1 heterocycles. The highest BCUT2D eigenvalue weighted by Gasteiger charge is 2.57. The standard InChI is InChI=1S/C20H16O3PS3/c1-4-10-17(11-5-1)21-24(20-16-25-27-26-20,22-18-12-6-2-7-13-18)23-19-14-8-3-9-15-19/h1-16H/q+1. The minimum Gasteiger partial charge on any atom is -0.267 e. The molecular formula is C20H16O3PS3+. The maximum absolute atomic E-state index is 6.44. The van der Waals surface area contributed by atoms with Crippen LogP contribution in [0.1, 0.15) is 0 Å². The van der Waals surface area contributed by atoms with Gasteiger partial charge in [0.2, 0.25) is 0 Å². The first-order valence-electron chi connectivity index (χ1n) is 8.18. The topological polar surface area (TPSA) is 27.7 Å². The van der Waals surface area contributed by atoms with Crippen molar-refractivity contribution in [1.82, 2.24) is 0 Å². The third-order valence-electron chi connectivity index (χ3n) is 3.48. The summed E-state index contributed by atoms with van der Waals surface area (Å²) in [5.74, 6) is 2.13. The summed E-state index contributed by atoms with van der Waals surface area (Å²) in [6.07, 6.45) is 0. The summed E-state index contributed by atoms with van der Waals surface area (Å²) >= 11 is 0. The molecule has 0 radical (unpaired) electrons. The van der Waals surface area contributed by atoms with E-state index in [0.717, 1.165) is 4.65 Å². The van der Waals surface area contributed by atoms with Crippen LogP contribution in [0.15, 0.2) is 101 Å². The smallest absolute Gasteiger partial charge is 0.267 e. The van der Waals surface area contributed by atoms with Crippen molar-refractivity contribution in [3.8, 4) is 17.2 Å². The molecular weight excluding hydrogens is 415 g/mol. The van der Waals surface area contributed by atoms with E-state index in [1.807, 2.05) is 91.0 Å². The van der Waals surface area contributed by atoms with Crippen LogP contribution in [0, 0.1) is 0 Å². The Hall–Kier alpha value is -1.72. The molecule has 0 fully saturated rings. The molecule has 1 aliphatic heterocycles. The fraction of sp³-hybridized carbons (Fsp3) is 0. The number of benzene rings is 3. The molecule has 0 atom stereocenters. The Labute approximate surface area is 170 Å². The van der Waals surface area contributed by atoms with Crippen LogP contribution in [-0.4, -0.2) is 0 Å². The summed E-state index contributed by atoms with van der Waals surface area (Å²) in [7, 11) is 2.01. The predicted octanol–water partition coefficient (Wildman–Crippen LogP) is 7.83. The molecule has 4 rings (SSSR count). The Balaban J connectivity index is 1.76. The molecule has 3 nitrogen and oxygen atoms in total. The summed E-state index contributed by atoms with van der Waals surface area (Å²) in [5, 5.41) is 2.05. The van der Waals surface area contributed by atoms with E-state index in [4.69, 9.17) is 13.6 Å². The lowest BCUT2D eigenvalue weighted by Gasteiger charge is -2.22. The number of hydrogen-bond acceptors (Lipinski definition) is 6. The van der Waals surface area contributed by atoms with E-state index in [0.29, 0.717) is 17.2 Å². The fourth-order valence-electron chi connectivity index (χ4n) is 2.30. The van der Waals surface area contributed by atoms with E-state index in [2.05, 4.69) is 5.41 Å². The zero-order valence-corrected chi connectivity index (χ0v) is 17.5. The Morgan fingerprint density at radius 1 is 0.556 bits per heavy atom. The van der Waals surface area contributed by atoms with E-state index < -0.39 is 7.94 Å². The Kier molecular flexibility index (Phi) is 6.20. The lowest BCUT2D eigenvalue weighted by atomic mass is 10.3.